The Morgan fingerprint density at radius 1 is 1.38 bits per heavy atom. The lowest BCUT2D eigenvalue weighted by Crippen LogP contribution is -2.35. The summed E-state index contributed by atoms with van der Waals surface area (Å²) in [6, 6.07) is 0.436. The van der Waals surface area contributed by atoms with Crippen LogP contribution >= 0.6 is 27.7 Å². The summed E-state index contributed by atoms with van der Waals surface area (Å²) < 4.78 is 2.23. The molecular weight excluding hydrogens is 350 g/mol. The van der Waals surface area contributed by atoms with Gasteiger partial charge in [0, 0.05) is 17.8 Å². The fourth-order valence-electron chi connectivity index (χ4n) is 2.98. The molecule has 2 fully saturated rings. The maximum absolute atomic E-state index is 12.4. The number of thioether (sulfide) groups is 1. The smallest absolute Gasteiger partial charge is 0.283 e. The molecule has 1 aromatic heterocycles. The summed E-state index contributed by atoms with van der Waals surface area (Å²) in [5.74, 6) is 0.653. The molecule has 1 heterocycles. The van der Waals surface area contributed by atoms with Crippen molar-refractivity contribution in [2.24, 2.45) is 5.92 Å². The van der Waals surface area contributed by atoms with Crippen LogP contribution in [0.3, 0.4) is 0 Å². The Labute approximate surface area is 138 Å². The van der Waals surface area contributed by atoms with Gasteiger partial charge in [0.25, 0.3) is 5.56 Å². The topological polar surface area (TPSA) is 46.9 Å². The van der Waals surface area contributed by atoms with Crippen molar-refractivity contribution in [1.82, 2.24) is 9.78 Å². The quantitative estimate of drug-likeness (QED) is 0.860. The molecule has 2 aliphatic carbocycles. The summed E-state index contributed by atoms with van der Waals surface area (Å²) in [7, 11) is 0. The molecule has 0 saturated heterocycles. The van der Waals surface area contributed by atoms with Crippen LogP contribution in [0.25, 0.3) is 0 Å². The molecule has 1 N–H and O–H groups in total. The van der Waals surface area contributed by atoms with Crippen LogP contribution in [-0.4, -0.2) is 27.3 Å². The lowest BCUT2D eigenvalue weighted by molar-refractivity contribution is 0.473. The second-order valence-corrected chi connectivity index (χ2v) is 7.98. The van der Waals surface area contributed by atoms with E-state index in [-0.39, 0.29) is 5.56 Å². The lowest BCUT2D eigenvalue weighted by Gasteiger charge is -2.31. The minimum absolute atomic E-state index is 0.0107. The van der Waals surface area contributed by atoms with Gasteiger partial charge >= 0.3 is 0 Å². The van der Waals surface area contributed by atoms with E-state index in [0.29, 0.717) is 21.7 Å². The molecule has 4 nitrogen and oxygen atoms in total. The van der Waals surface area contributed by atoms with Gasteiger partial charge in [-0.2, -0.15) is 16.9 Å². The lowest BCUT2D eigenvalue weighted by atomic mass is 9.95. The Balaban J connectivity index is 1.75. The summed E-state index contributed by atoms with van der Waals surface area (Å²) >= 11 is 5.39. The molecule has 2 unspecified atom stereocenters. The zero-order valence-electron chi connectivity index (χ0n) is 12.3. The highest BCUT2D eigenvalue weighted by Gasteiger charge is 2.26. The Morgan fingerprint density at radius 3 is 2.86 bits per heavy atom. The van der Waals surface area contributed by atoms with Crippen LogP contribution < -0.4 is 10.9 Å². The summed E-state index contributed by atoms with van der Waals surface area (Å²) in [6.07, 6.45) is 11.4. The van der Waals surface area contributed by atoms with Gasteiger partial charge in [-0.25, -0.2) is 4.68 Å². The molecule has 2 atom stereocenters. The number of nitrogens with zero attached hydrogens (tertiary/aromatic N) is 2. The summed E-state index contributed by atoms with van der Waals surface area (Å²) in [6.45, 7) is 0.759. The second-order valence-electron chi connectivity index (χ2n) is 6.11. The molecule has 6 heteroatoms. The van der Waals surface area contributed by atoms with Gasteiger partial charge in [0.05, 0.1) is 11.9 Å². The molecule has 3 rings (SSSR count). The molecule has 0 aliphatic heterocycles. The van der Waals surface area contributed by atoms with Crippen LogP contribution in [0.5, 0.6) is 0 Å². The standard InChI is InChI=1S/C15H22BrN3OS/c1-21-13-5-3-2-4-11(13)18-12-8-17-19(9-10-6-7-10)15(20)14(12)16/h8,10-11,13,18H,2-7,9H2,1H3. The highest BCUT2D eigenvalue weighted by molar-refractivity contribution is 9.10. The van der Waals surface area contributed by atoms with Crippen LogP contribution in [0.15, 0.2) is 15.5 Å². The summed E-state index contributed by atoms with van der Waals surface area (Å²) in [5, 5.41) is 8.51. The third kappa shape index (κ3) is 3.65. The Hall–Kier alpha value is -0.490. The van der Waals surface area contributed by atoms with Crippen molar-refractivity contribution in [3.8, 4) is 0 Å². The molecule has 0 amide bonds. The predicted octanol–water partition coefficient (Wildman–Crippen LogP) is 3.50. The number of hydrogen-bond donors (Lipinski definition) is 1. The molecule has 0 aromatic carbocycles. The maximum Gasteiger partial charge on any atom is 0.283 e. The molecular formula is C15H22BrN3OS. The van der Waals surface area contributed by atoms with Crippen molar-refractivity contribution in [3.63, 3.8) is 0 Å². The zero-order chi connectivity index (χ0) is 14.8. The van der Waals surface area contributed by atoms with Crippen LogP contribution in [0.2, 0.25) is 0 Å². The van der Waals surface area contributed by atoms with Gasteiger partial charge in [0.1, 0.15) is 4.47 Å². The maximum atomic E-state index is 12.4. The van der Waals surface area contributed by atoms with Crippen molar-refractivity contribution >= 4 is 33.4 Å². The first-order valence-corrected chi connectivity index (χ1v) is 9.82. The largest absolute Gasteiger partial charge is 0.379 e. The number of anilines is 1. The minimum Gasteiger partial charge on any atom is -0.379 e. The van der Waals surface area contributed by atoms with Crippen molar-refractivity contribution in [3.05, 3.63) is 21.0 Å². The Kier molecular flexibility index (Phi) is 4.94. The number of nitrogens with one attached hydrogen (secondary N) is 1. The highest BCUT2D eigenvalue weighted by Crippen LogP contribution is 2.32. The molecule has 0 spiro atoms. The molecule has 2 saturated carbocycles. The van der Waals surface area contributed by atoms with Gasteiger partial charge in [-0.3, -0.25) is 4.79 Å². The van der Waals surface area contributed by atoms with Crippen LogP contribution in [-0.2, 0) is 6.54 Å². The molecule has 116 valence electrons. The van der Waals surface area contributed by atoms with Crippen LogP contribution in [0, 0.1) is 5.92 Å². The highest BCUT2D eigenvalue weighted by atomic mass is 79.9. The van der Waals surface area contributed by atoms with Gasteiger partial charge < -0.3 is 5.32 Å². The first-order valence-electron chi connectivity index (χ1n) is 7.74. The first kappa shape index (κ1) is 15.4. The first-order chi connectivity index (χ1) is 10.2. The van der Waals surface area contributed by atoms with Gasteiger partial charge in [-0.05, 0) is 53.8 Å². The van der Waals surface area contributed by atoms with E-state index in [2.05, 4.69) is 32.6 Å². The van der Waals surface area contributed by atoms with E-state index < -0.39 is 0 Å². The summed E-state index contributed by atoms with van der Waals surface area (Å²) in [5.41, 5.74) is 0.835. The fraction of sp³-hybridized carbons (Fsp3) is 0.733. The normalized spacial score (nSPS) is 25.8. The second kappa shape index (κ2) is 6.73. The third-order valence-corrected chi connectivity index (χ3v) is 6.40. The minimum atomic E-state index is -0.0107. The van der Waals surface area contributed by atoms with Gasteiger partial charge in [0.15, 0.2) is 0 Å². The molecule has 0 radical (unpaired) electrons. The van der Waals surface area contributed by atoms with E-state index in [1.807, 2.05) is 11.8 Å². The van der Waals surface area contributed by atoms with Crippen LogP contribution in [0.4, 0.5) is 5.69 Å². The van der Waals surface area contributed by atoms with E-state index in [4.69, 9.17) is 0 Å². The van der Waals surface area contributed by atoms with Gasteiger partial charge in [0.2, 0.25) is 0 Å². The predicted molar refractivity (Wildman–Crippen MR) is 92.1 cm³/mol. The van der Waals surface area contributed by atoms with Crippen LogP contribution in [0.1, 0.15) is 38.5 Å². The molecule has 1 aromatic rings. The number of rotatable bonds is 5. The SMILES string of the molecule is CSC1CCCCC1Nc1cnn(CC2CC2)c(=O)c1Br. The van der Waals surface area contributed by atoms with E-state index in [9.17, 15) is 4.79 Å². The Morgan fingerprint density at radius 2 is 2.14 bits per heavy atom. The van der Waals surface area contributed by atoms with Crippen molar-refractivity contribution in [2.75, 3.05) is 11.6 Å². The van der Waals surface area contributed by atoms with Crippen molar-refractivity contribution in [2.45, 2.75) is 56.4 Å². The fourth-order valence-corrected chi connectivity index (χ4v) is 4.34. The van der Waals surface area contributed by atoms with Crippen molar-refractivity contribution in [1.29, 1.82) is 0 Å². The molecule has 0 bridgehead atoms. The van der Waals surface area contributed by atoms with Gasteiger partial charge in [-0.15, -0.1) is 0 Å². The van der Waals surface area contributed by atoms with E-state index in [1.54, 1.807) is 10.9 Å². The average molecular weight is 372 g/mol. The molecule has 21 heavy (non-hydrogen) atoms. The monoisotopic (exact) mass is 371 g/mol. The Bertz CT molecular complexity index is 558. The zero-order valence-corrected chi connectivity index (χ0v) is 14.8. The number of hydrogen-bond acceptors (Lipinski definition) is 4. The average Bonchev–Trinajstić information content (AvgIpc) is 3.31. The van der Waals surface area contributed by atoms with E-state index >= 15 is 0 Å². The van der Waals surface area contributed by atoms with E-state index in [1.165, 1.54) is 38.5 Å². The third-order valence-electron chi connectivity index (χ3n) is 4.46. The number of aromatic nitrogens is 2. The van der Waals surface area contributed by atoms with Gasteiger partial charge in [-0.1, -0.05) is 12.8 Å². The van der Waals surface area contributed by atoms with Crippen molar-refractivity contribution < 1.29 is 0 Å². The van der Waals surface area contributed by atoms with E-state index in [0.717, 1.165) is 12.2 Å². The number of halogens is 1. The molecule has 2 aliphatic rings. The summed E-state index contributed by atoms with van der Waals surface area (Å²) in [4.78, 5) is 12.4.